The SMILES string of the molecule is O=C(Cl)c1cc(C(F)(F)F)ncn1. The topological polar surface area (TPSA) is 42.9 Å². The number of hydrogen-bond donors (Lipinski definition) is 0. The summed E-state index contributed by atoms with van der Waals surface area (Å²) in [6.07, 6.45) is -3.96. The second-order valence-corrected chi connectivity index (χ2v) is 2.40. The summed E-state index contributed by atoms with van der Waals surface area (Å²) in [5, 5.41) is -1.05. The second-order valence-electron chi connectivity index (χ2n) is 2.06. The molecule has 0 fully saturated rings. The van der Waals surface area contributed by atoms with Crippen molar-refractivity contribution in [2.24, 2.45) is 0 Å². The number of hydrogen-bond acceptors (Lipinski definition) is 3. The first-order valence-corrected chi connectivity index (χ1v) is 3.38. The maximum absolute atomic E-state index is 12.0. The molecule has 0 spiro atoms. The van der Waals surface area contributed by atoms with Gasteiger partial charge in [-0.2, -0.15) is 13.2 Å². The van der Waals surface area contributed by atoms with Crippen LogP contribution in [0.25, 0.3) is 0 Å². The van der Waals surface area contributed by atoms with Crippen molar-refractivity contribution in [1.29, 1.82) is 0 Å². The van der Waals surface area contributed by atoms with Crippen molar-refractivity contribution in [3.05, 3.63) is 23.8 Å². The van der Waals surface area contributed by atoms with Gasteiger partial charge >= 0.3 is 6.18 Å². The molecule has 0 aliphatic heterocycles. The average molecular weight is 211 g/mol. The number of aromatic nitrogens is 2. The fourth-order valence-corrected chi connectivity index (χ4v) is 0.723. The smallest absolute Gasteiger partial charge is 0.274 e. The summed E-state index contributed by atoms with van der Waals surface area (Å²) in [5.74, 6) is 0. The van der Waals surface area contributed by atoms with Crippen LogP contribution in [-0.2, 0) is 6.18 Å². The van der Waals surface area contributed by atoms with Gasteiger partial charge in [0.2, 0.25) is 0 Å². The molecular weight excluding hydrogens is 209 g/mol. The van der Waals surface area contributed by atoms with Crippen LogP contribution in [0.1, 0.15) is 16.2 Å². The Hall–Kier alpha value is -1.17. The molecule has 0 atom stereocenters. The summed E-state index contributed by atoms with van der Waals surface area (Å²) in [6, 6.07) is 0.495. The van der Waals surface area contributed by atoms with Crippen LogP contribution in [0.3, 0.4) is 0 Å². The number of nitrogens with zero attached hydrogens (tertiary/aromatic N) is 2. The molecule has 0 aromatic carbocycles. The first kappa shape index (κ1) is 9.91. The molecule has 1 heterocycles. The van der Waals surface area contributed by atoms with Gasteiger partial charge in [-0.05, 0) is 17.7 Å². The van der Waals surface area contributed by atoms with Gasteiger partial charge in [0.1, 0.15) is 17.7 Å². The quantitative estimate of drug-likeness (QED) is 0.665. The van der Waals surface area contributed by atoms with Crippen LogP contribution in [0.5, 0.6) is 0 Å². The van der Waals surface area contributed by atoms with Crippen LogP contribution in [-0.4, -0.2) is 15.2 Å². The first-order valence-electron chi connectivity index (χ1n) is 3.00. The minimum absolute atomic E-state index is 0.469. The van der Waals surface area contributed by atoms with Gasteiger partial charge in [0.25, 0.3) is 5.24 Å². The van der Waals surface area contributed by atoms with Crippen LogP contribution >= 0.6 is 11.6 Å². The summed E-state index contributed by atoms with van der Waals surface area (Å²) in [7, 11) is 0. The van der Waals surface area contributed by atoms with E-state index in [1.54, 1.807) is 0 Å². The van der Waals surface area contributed by atoms with Gasteiger partial charge in [-0.25, -0.2) is 9.97 Å². The molecule has 0 unspecified atom stereocenters. The number of carbonyl (C=O) groups is 1. The normalized spacial score (nSPS) is 11.4. The van der Waals surface area contributed by atoms with Gasteiger partial charge in [-0.1, -0.05) is 0 Å². The van der Waals surface area contributed by atoms with Crippen molar-refractivity contribution in [2.75, 3.05) is 0 Å². The van der Waals surface area contributed by atoms with E-state index in [1.165, 1.54) is 0 Å². The zero-order chi connectivity index (χ0) is 10.1. The maximum atomic E-state index is 12.0. The molecule has 0 bridgehead atoms. The lowest BCUT2D eigenvalue weighted by Crippen LogP contribution is -2.10. The Morgan fingerprint density at radius 3 is 2.46 bits per heavy atom. The van der Waals surface area contributed by atoms with Crippen LogP contribution in [0, 0.1) is 0 Å². The summed E-state index contributed by atoms with van der Waals surface area (Å²) < 4.78 is 36.0. The zero-order valence-corrected chi connectivity index (χ0v) is 6.73. The maximum Gasteiger partial charge on any atom is 0.433 e. The van der Waals surface area contributed by atoms with Gasteiger partial charge in [0.15, 0.2) is 0 Å². The molecule has 0 saturated carbocycles. The van der Waals surface area contributed by atoms with Crippen molar-refractivity contribution in [3.8, 4) is 0 Å². The Bertz CT molecular complexity index is 339. The lowest BCUT2D eigenvalue weighted by molar-refractivity contribution is -0.141. The molecule has 0 radical (unpaired) electrons. The highest BCUT2D eigenvalue weighted by molar-refractivity contribution is 6.67. The molecule has 7 heteroatoms. The Morgan fingerprint density at radius 1 is 1.38 bits per heavy atom. The van der Waals surface area contributed by atoms with Gasteiger partial charge in [-0.3, -0.25) is 4.79 Å². The largest absolute Gasteiger partial charge is 0.433 e. The monoisotopic (exact) mass is 210 g/mol. The molecule has 0 aliphatic rings. The molecule has 1 aromatic heterocycles. The third kappa shape index (κ3) is 2.38. The number of rotatable bonds is 1. The molecule has 0 N–H and O–H groups in total. The summed E-state index contributed by atoms with van der Waals surface area (Å²) in [5.41, 5.74) is -1.66. The third-order valence-corrected chi connectivity index (χ3v) is 1.35. The third-order valence-electron chi connectivity index (χ3n) is 1.16. The van der Waals surface area contributed by atoms with Crippen LogP contribution < -0.4 is 0 Å². The van der Waals surface area contributed by atoms with Crippen molar-refractivity contribution in [2.45, 2.75) is 6.18 Å². The van der Waals surface area contributed by atoms with Gasteiger partial charge in [0, 0.05) is 0 Å². The molecule has 70 valence electrons. The lowest BCUT2D eigenvalue weighted by Gasteiger charge is -2.04. The molecule has 1 rings (SSSR count). The van der Waals surface area contributed by atoms with E-state index < -0.39 is 22.8 Å². The number of alkyl halides is 3. The molecule has 0 aliphatic carbocycles. The predicted octanol–water partition coefficient (Wildman–Crippen LogP) is 1.87. The predicted molar refractivity (Wildman–Crippen MR) is 37.2 cm³/mol. The van der Waals surface area contributed by atoms with E-state index in [0.29, 0.717) is 12.4 Å². The van der Waals surface area contributed by atoms with Crippen LogP contribution in [0.15, 0.2) is 12.4 Å². The van der Waals surface area contributed by atoms with E-state index in [-0.39, 0.29) is 0 Å². The van der Waals surface area contributed by atoms with Crippen molar-refractivity contribution >= 4 is 16.8 Å². The Morgan fingerprint density at radius 2 is 2.00 bits per heavy atom. The van der Waals surface area contributed by atoms with E-state index in [1.807, 2.05) is 0 Å². The molecule has 3 nitrogen and oxygen atoms in total. The van der Waals surface area contributed by atoms with Crippen molar-refractivity contribution in [3.63, 3.8) is 0 Å². The summed E-state index contributed by atoms with van der Waals surface area (Å²) in [4.78, 5) is 16.6. The fraction of sp³-hybridized carbons (Fsp3) is 0.167. The van der Waals surface area contributed by atoms with E-state index in [4.69, 9.17) is 11.6 Å². The number of carbonyl (C=O) groups excluding carboxylic acids is 1. The Kier molecular flexibility index (Phi) is 2.51. The highest BCUT2D eigenvalue weighted by Gasteiger charge is 2.33. The van der Waals surface area contributed by atoms with Gasteiger partial charge < -0.3 is 0 Å². The van der Waals surface area contributed by atoms with Crippen molar-refractivity contribution < 1.29 is 18.0 Å². The summed E-state index contributed by atoms with van der Waals surface area (Å²) >= 11 is 4.93. The summed E-state index contributed by atoms with van der Waals surface area (Å²) in [6.45, 7) is 0. The molecular formula is C6H2ClF3N2O. The molecule has 0 amide bonds. The standard InChI is InChI=1S/C6H2ClF3N2O/c7-5(13)3-1-4(6(8,9)10)12-2-11-3/h1-2H. The zero-order valence-electron chi connectivity index (χ0n) is 5.97. The van der Waals surface area contributed by atoms with E-state index in [9.17, 15) is 18.0 Å². The first-order chi connectivity index (χ1) is 5.91. The average Bonchev–Trinajstić information content (AvgIpc) is 2.03. The molecule has 13 heavy (non-hydrogen) atoms. The Balaban J connectivity index is 3.13. The van der Waals surface area contributed by atoms with Gasteiger partial charge in [0.05, 0.1) is 0 Å². The van der Waals surface area contributed by atoms with E-state index in [2.05, 4.69) is 9.97 Å². The van der Waals surface area contributed by atoms with E-state index in [0.717, 1.165) is 0 Å². The fourth-order valence-electron chi connectivity index (χ4n) is 0.620. The van der Waals surface area contributed by atoms with Gasteiger partial charge in [-0.15, -0.1) is 0 Å². The number of halogens is 4. The van der Waals surface area contributed by atoms with Crippen LogP contribution in [0.4, 0.5) is 13.2 Å². The Labute approximate surface area is 75.6 Å². The minimum atomic E-state index is -4.59. The van der Waals surface area contributed by atoms with Crippen molar-refractivity contribution in [1.82, 2.24) is 9.97 Å². The molecule has 1 aromatic rings. The van der Waals surface area contributed by atoms with Crippen LogP contribution in [0.2, 0.25) is 0 Å². The minimum Gasteiger partial charge on any atom is -0.274 e. The van der Waals surface area contributed by atoms with E-state index >= 15 is 0 Å². The highest BCUT2D eigenvalue weighted by atomic mass is 35.5. The second kappa shape index (κ2) is 3.29. The lowest BCUT2D eigenvalue weighted by atomic mass is 10.3. The highest BCUT2D eigenvalue weighted by Crippen LogP contribution is 2.27. The molecule has 0 saturated heterocycles.